The van der Waals surface area contributed by atoms with Gasteiger partial charge in [0.15, 0.2) is 0 Å². The largest absolute Gasteiger partial charge is 0.370 e. The van der Waals surface area contributed by atoms with Gasteiger partial charge in [-0.15, -0.1) is 0 Å². The number of hydrogen-bond donors (Lipinski definition) is 1. The lowest BCUT2D eigenvalue weighted by Gasteiger charge is -2.48. The summed E-state index contributed by atoms with van der Waals surface area (Å²) in [5, 5.41) is 3.41. The molecule has 2 atom stereocenters. The molecule has 2 aliphatic rings. The Morgan fingerprint density at radius 3 is 2.57 bits per heavy atom. The van der Waals surface area contributed by atoms with Crippen LogP contribution in [0, 0.1) is 6.92 Å². The lowest BCUT2D eigenvalue weighted by atomic mass is 9.93. The molecule has 2 unspecified atom stereocenters. The summed E-state index contributed by atoms with van der Waals surface area (Å²) in [6.45, 7) is 16.6. The van der Waals surface area contributed by atoms with Crippen molar-refractivity contribution in [3.05, 3.63) is 120 Å². The third-order valence-electron chi connectivity index (χ3n) is 7.23. The zero-order chi connectivity index (χ0) is 24.2. The Bertz CT molecular complexity index is 1160. The molecule has 180 valence electrons. The average Bonchev–Trinajstić information content (AvgIpc) is 3.30. The smallest absolute Gasteiger partial charge is 0.0940 e. The first kappa shape index (κ1) is 23.2. The Morgan fingerprint density at radius 1 is 1.03 bits per heavy atom. The van der Waals surface area contributed by atoms with Gasteiger partial charge in [-0.25, -0.2) is 0 Å². The predicted molar refractivity (Wildman–Crippen MR) is 144 cm³/mol. The van der Waals surface area contributed by atoms with E-state index in [-0.39, 0.29) is 6.04 Å². The molecule has 3 aromatic rings. The molecule has 0 bridgehead atoms. The van der Waals surface area contributed by atoms with Crippen LogP contribution in [0.3, 0.4) is 0 Å². The quantitative estimate of drug-likeness (QED) is 0.555. The summed E-state index contributed by atoms with van der Waals surface area (Å²) in [6, 6.07) is 24.5. The molecule has 5 nitrogen and oxygen atoms in total. The average molecular weight is 466 g/mol. The molecule has 3 heterocycles. The summed E-state index contributed by atoms with van der Waals surface area (Å²) in [5.74, 6) is 1.03. The number of rotatable bonds is 7. The minimum atomic E-state index is 0.193. The van der Waals surface area contributed by atoms with E-state index in [0.717, 1.165) is 56.4 Å². The van der Waals surface area contributed by atoms with Crippen LogP contribution in [0.1, 0.15) is 28.3 Å². The summed E-state index contributed by atoms with van der Waals surface area (Å²) >= 11 is 0. The molecule has 0 radical (unpaired) electrons. The number of aryl methyl sites for hydroxylation is 1. The summed E-state index contributed by atoms with van der Waals surface area (Å²) in [6.07, 6.45) is 3.73. The molecule has 5 rings (SSSR count). The number of aromatic nitrogens is 1. The molecule has 2 saturated heterocycles. The standard InChI is InChI=1S/C30H35N5/c1-23-9-7-12-27(19-23)30(26-10-5-4-6-11-26)35-18-17-33(24(2)28-13-8-14-31-20-28)21-29(35)22-34-16-15-32-25(34)3/h4-14,19-20,29-30,32H,2-3,15-18,21-22H2,1H3. The summed E-state index contributed by atoms with van der Waals surface area (Å²) in [7, 11) is 0. The second-order valence-electron chi connectivity index (χ2n) is 9.57. The summed E-state index contributed by atoms with van der Waals surface area (Å²) in [5.41, 5.74) is 6.11. The maximum absolute atomic E-state index is 4.45. The van der Waals surface area contributed by atoms with Crippen molar-refractivity contribution in [1.82, 2.24) is 25.0 Å². The van der Waals surface area contributed by atoms with Gasteiger partial charge in [0.2, 0.25) is 0 Å². The summed E-state index contributed by atoms with van der Waals surface area (Å²) in [4.78, 5) is 11.8. The van der Waals surface area contributed by atoms with E-state index in [4.69, 9.17) is 0 Å². The minimum absolute atomic E-state index is 0.193. The van der Waals surface area contributed by atoms with Gasteiger partial charge in [0.1, 0.15) is 0 Å². The van der Waals surface area contributed by atoms with E-state index >= 15 is 0 Å². The van der Waals surface area contributed by atoms with Gasteiger partial charge in [0.05, 0.1) is 11.9 Å². The molecular weight excluding hydrogens is 430 g/mol. The van der Waals surface area contributed by atoms with Crippen LogP contribution in [-0.4, -0.2) is 65.0 Å². The fraction of sp³-hybridized carbons (Fsp3) is 0.300. The molecule has 2 aromatic carbocycles. The molecule has 1 aromatic heterocycles. The van der Waals surface area contributed by atoms with Crippen LogP contribution < -0.4 is 5.32 Å². The molecule has 35 heavy (non-hydrogen) atoms. The molecular formula is C30H35N5. The topological polar surface area (TPSA) is 34.6 Å². The first-order chi connectivity index (χ1) is 17.1. The molecule has 0 amide bonds. The van der Waals surface area contributed by atoms with Crippen molar-refractivity contribution >= 4 is 5.70 Å². The van der Waals surface area contributed by atoms with Crippen LogP contribution in [0.4, 0.5) is 0 Å². The number of nitrogens with zero attached hydrogens (tertiary/aromatic N) is 4. The Hall–Kier alpha value is -3.57. The van der Waals surface area contributed by atoms with Gasteiger partial charge in [-0.05, 0) is 30.2 Å². The number of piperazine rings is 1. The van der Waals surface area contributed by atoms with Crippen molar-refractivity contribution in [3.63, 3.8) is 0 Å². The predicted octanol–water partition coefficient (Wildman–Crippen LogP) is 4.51. The van der Waals surface area contributed by atoms with Gasteiger partial charge < -0.3 is 15.1 Å². The highest BCUT2D eigenvalue weighted by molar-refractivity contribution is 5.61. The lowest BCUT2D eigenvalue weighted by molar-refractivity contribution is 0.0627. The van der Waals surface area contributed by atoms with Gasteiger partial charge in [-0.1, -0.05) is 73.3 Å². The van der Waals surface area contributed by atoms with E-state index in [1.165, 1.54) is 16.7 Å². The van der Waals surface area contributed by atoms with Crippen molar-refractivity contribution < 1.29 is 0 Å². The lowest BCUT2D eigenvalue weighted by Crippen LogP contribution is -2.57. The van der Waals surface area contributed by atoms with Crippen LogP contribution in [0.15, 0.2) is 98.1 Å². The zero-order valence-corrected chi connectivity index (χ0v) is 20.6. The highest BCUT2D eigenvalue weighted by Crippen LogP contribution is 2.34. The van der Waals surface area contributed by atoms with E-state index in [0.29, 0.717) is 6.04 Å². The third kappa shape index (κ3) is 5.10. The SMILES string of the molecule is C=C1NCCN1CC1CN(C(=C)c2cccnc2)CCN1C(c1ccccc1)c1cccc(C)c1. The van der Waals surface area contributed by atoms with Crippen LogP contribution in [0.2, 0.25) is 0 Å². The number of hydrogen-bond acceptors (Lipinski definition) is 5. The zero-order valence-electron chi connectivity index (χ0n) is 20.6. The van der Waals surface area contributed by atoms with Gasteiger partial charge >= 0.3 is 0 Å². The molecule has 2 aliphatic heterocycles. The van der Waals surface area contributed by atoms with Crippen molar-refractivity contribution in [2.75, 3.05) is 39.3 Å². The Labute approximate surface area is 209 Å². The van der Waals surface area contributed by atoms with E-state index in [1.807, 2.05) is 18.5 Å². The maximum atomic E-state index is 4.45. The van der Waals surface area contributed by atoms with Crippen LogP contribution >= 0.6 is 0 Å². The van der Waals surface area contributed by atoms with E-state index in [2.05, 4.69) is 106 Å². The fourth-order valence-electron chi connectivity index (χ4n) is 5.42. The maximum Gasteiger partial charge on any atom is 0.0940 e. The molecule has 0 saturated carbocycles. The number of nitrogens with one attached hydrogen (secondary N) is 1. The molecule has 0 spiro atoms. The molecule has 5 heteroatoms. The molecule has 1 N–H and O–H groups in total. The van der Waals surface area contributed by atoms with Crippen LogP contribution in [0.5, 0.6) is 0 Å². The van der Waals surface area contributed by atoms with E-state index < -0.39 is 0 Å². The first-order valence-corrected chi connectivity index (χ1v) is 12.5. The fourth-order valence-corrected chi connectivity index (χ4v) is 5.42. The number of pyridine rings is 1. The Morgan fingerprint density at radius 2 is 1.86 bits per heavy atom. The van der Waals surface area contributed by atoms with E-state index in [1.54, 1.807) is 0 Å². The Kier molecular flexibility index (Phi) is 6.87. The van der Waals surface area contributed by atoms with Crippen LogP contribution in [-0.2, 0) is 0 Å². The summed E-state index contributed by atoms with van der Waals surface area (Å²) < 4.78 is 0. The highest BCUT2D eigenvalue weighted by Gasteiger charge is 2.36. The monoisotopic (exact) mass is 465 g/mol. The highest BCUT2D eigenvalue weighted by atomic mass is 15.4. The van der Waals surface area contributed by atoms with E-state index in [9.17, 15) is 0 Å². The number of benzene rings is 2. The normalized spacial score (nSPS) is 19.5. The first-order valence-electron chi connectivity index (χ1n) is 12.5. The minimum Gasteiger partial charge on any atom is -0.370 e. The second-order valence-corrected chi connectivity index (χ2v) is 9.57. The van der Waals surface area contributed by atoms with Crippen molar-refractivity contribution in [1.29, 1.82) is 0 Å². The van der Waals surface area contributed by atoms with Crippen molar-refractivity contribution in [2.24, 2.45) is 0 Å². The van der Waals surface area contributed by atoms with Crippen molar-refractivity contribution in [2.45, 2.75) is 19.0 Å². The Balaban J connectivity index is 1.49. The van der Waals surface area contributed by atoms with Gasteiger partial charge in [0, 0.05) is 69.0 Å². The van der Waals surface area contributed by atoms with Gasteiger partial charge in [-0.2, -0.15) is 0 Å². The van der Waals surface area contributed by atoms with Crippen LogP contribution in [0.25, 0.3) is 5.70 Å². The van der Waals surface area contributed by atoms with Gasteiger partial charge in [0.25, 0.3) is 0 Å². The second kappa shape index (κ2) is 10.4. The molecule has 2 fully saturated rings. The molecule has 0 aliphatic carbocycles. The van der Waals surface area contributed by atoms with Gasteiger partial charge in [-0.3, -0.25) is 9.88 Å². The van der Waals surface area contributed by atoms with Crippen molar-refractivity contribution in [3.8, 4) is 0 Å². The third-order valence-corrected chi connectivity index (χ3v) is 7.23.